The van der Waals surface area contributed by atoms with Crippen LogP contribution in [0, 0.1) is 0 Å². The van der Waals surface area contributed by atoms with Crippen molar-refractivity contribution in [2.75, 3.05) is 11.9 Å². The highest BCUT2D eigenvalue weighted by Crippen LogP contribution is 2.44. The van der Waals surface area contributed by atoms with Gasteiger partial charge in [-0.05, 0) is 47.4 Å². The smallest absolute Gasteiger partial charge is 0.407 e. The van der Waals surface area contributed by atoms with Crippen molar-refractivity contribution in [2.24, 2.45) is 0 Å². The van der Waals surface area contributed by atoms with Crippen LogP contribution < -0.4 is 10.6 Å². The number of carboxylic acid groups (broad SMARTS) is 1. The van der Waals surface area contributed by atoms with Gasteiger partial charge in [0.05, 0.1) is 5.56 Å². The summed E-state index contributed by atoms with van der Waals surface area (Å²) in [5.74, 6) is -1.70. The van der Waals surface area contributed by atoms with E-state index in [1.807, 2.05) is 36.4 Å². The van der Waals surface area contributed by atoms with Crippen LogP contribution in [-0.4, -0.2) is 35.7 Å². The van der Waals surface area contributed by atoms with Crippen LogP contribution >= 0.6 is 15.9 Å². The summed E-state index contributed by atoms with van der Waals surface area (Å²) in [6.07, 6.45) is -0.708. The summed E-state index contributed by atoms with van der Waals surface area (Å²) in [6, 6.07) is 19.5. The highest BCUT2D eigenvalue weighted by atomic mass is 79.9. The molecule has 0 saturated heterocycles. The number of hydrogen-bond acceptors (Lipinski definition) is 4. The molecule has 0 spiro atoms. The van der Waals surface area contributed by atoms with Gasteiger partial charge in [-0.15, -0.1) is 0 Å². The van der Waals surface area contributed by atoms with E-state index in [-0.39, 0.29) is 18.1 Å². The Morgan fingerprint density at radius 1 is 1.00 bits per heavy atom. The molecule has 0 radical (unpaired) electrons. The topological polar surface area (TPSA) is 105 Å². The fourth-order valence-electron chi connectivity index (χ4n) is 3.92. The van der Waals surface area contributed by atoms with Gasteiger partial charge in [0.2, 0.25) is 5.91 Å². The average molecular weight is 509 g/mol. The first-order chi connectivity index (χ1) is 15.8. The molecule has 7 nitrogen and oxygen atoms in total. The zero-order valence-corrected chi connectivity index (χ0v) is 19.3. The van der Waals surface area contributed by atoms with Crippen molar-refractivity contribution in [1.29, 1.82) is 0 Å². The molecule has 33 heavy (non-hydrogen) atoms. The van der Waals surface area contributed by atoms with E-state index < -0.39 is 24.0 Å². The van der Waals surface area contributed by atoms with Crippen LogP contribution in [0.15, 0.2) is 71.2 Å². The molecule has 1 aliphatic carbocycles. The summed E-state index contributed by atoms with van der Waals surface area (Å²) in [6.45, 7) is 1.66. The number of benzene rings is 3. The fraction of sp³-hybridized carbons (Fsp3) is 0.160. The second-order valence-electron chi connectivity index (χ2n) is 7.71. The van der Waals surface area contributed by atoms with Crippen LogP contribution in [0.1, 0.15) is 34.3 Å². The summed E-state index contributed by atoms with van der Waals surface area (Å²) in [7, 11) is 0. The molecule has 3 aromatic carbocycles. The SMILES string of the molecule is CC(NC(=O)OCC1c2ccccc2-c2ccccc21)C(=O)Nc1cc(Br)cc(C(=O)O)c1. The van der Waals surface area contributed by atoms with E-state index in [0.717, 1.165) is 22.3 Å². The first-order valence-electron chi connectivity index (χ1n) is 10.3. The highest BCUT2D eigenvalue weighted by Gasteiger charge is 2.29. The van der Waals surface area contributed by atoms with Crippen molar-refractivity contribution in [3.05, 3.63) is 87.9 Å². The van der Waals surface area contributed by atoms with E-state index in [9.17, 15) is 14.4 Å². The van der Waals surface area contributed by atoms with E-state index in [4.69, 9.17) is 9.84 Å². The van der Waals surface area contributed by atoms with Crippen molar-refractivity contribution in [3.8, 4) is 11.1 Å². The number of rotatable bonds is 6. The Morgan fingerprint density at radius 3 is 2.21 bits per heavy atom. The number of amides is 2. The first kappa shape index (κ1) is 22.5. The van der Waals surface area contributed by atoms with Crippen molar-refractivity contribution < 1.29 is 24.2 Å². The molecule has 0 bridgehead atoms. The second kappa shape index (κ2) is 9.46. The molecule has 0 aliphatic heterocycles. The largest absolute Gasteiger partial charge is 0.478 e. The summed E-state index contributed by atoms with van der Waals surface area (Å²) in [4.78, 5) is 36.1. The first-order valence-corrected chi connectivity index (χ1v) is 11.1. The lowest BCUT2D eigenvalue weighted by Gasteiger charge is -2.17. The summed E-state index contributed by atoms with van der Waals surface area (Å²) < 4.78 is 5.97. The third kappa shape index (κ3) is 4.90. The molecule has 1 unspecified atom stereocenters. The van der Waals surface area contributed by atoms with Crippen LogP contribution in [-0.2, 0) is 9.53 Å². The normalized spacial score (nSPS) is 12.9. The van der Waals surface area contributed by atoms with Gasteiger partial charge in [-0.25, -0.2) is 9.59 Å². The minimum Gasteiger partial charge on any atom is -0.478 e. The fourth-order valence-corrected chi connectivity index (χ4v) is 4.41. The molecule has 8 heteroatoms. The zero-order valence-electron chi connectivity index (χ0n) is 17.7. The third-order valence-electron chi connectivity index (χ3n) is 5.48. The van der Waals surface area contributed by atoms with Gasteiger partial charge in [0.25, 0.3) is 0 Å². The van der Waals surface area contributed by atoms with Crippen molar-refractivity contribution in [3.63, 3.8) is 0 Å². The molecule has 3 N–H and O–H groups in total. The van der Waals surface area contributed by atoms with Gasteiger partial charge in [0.1, 0.15) is 12.6 Å². The Morgan fingerprint density at radius 2 is 1.61 bits per heavy atom. The van der Waals surface area contributed by atoms with E-state index in [0.29, 0.717) is 10.2 Å². The number of carbonyl (C=O) groups excluding carboxylic acids is 2. The minimum absolute atomic E-state index is 0.0248. The van der Waals surface area contributed by atoms with Crippen LogP contribution in [0.5, 0.6) is 0 Å². The molecular weight excluding hydrogens is 488 g/mol. The average Bonchev–Trinajstić information content (AvgIpc) is 3.11. The van der Waals surface area contributed by atoms with E-state index in [2.05, 4.69) is 38.7 Å². The zero-order chi connectivity index (χ0) is 23.5. The van der Waals surface area contributed by atoms with Gasteiger partial charge in [-0.1, -0.05) is 64.5 Å². The molecule has 0 saturated carbocycles. The van der Waals surface area contributed by atoms with Gasteiger partial charge in [-0.2, -0.15) is 0 Å². The van der Waals surface area contributed by atoms with E-state index in [1.165, 1.54) is 19.1 Å². The van der Waals surface area contributed by atoms with Gasteiger partial charge in [0.15, 0.2) is 0 Å². The number of ether oxygens (including phenoxy) is 1. The lowest BCUT2D eigenvalue weighted by molar-refractivity contribution is -0.117. The summed E-state index contributed by atoms with van der Waals surface area (Å²) in [5.41, 5.74) is 4.78. The van der Waals surface area contributed by atoms with Gasteiger partial charge in [-0.3, -0.25) is 4.79 Å². The van der Waals surface area contributed by atoms with Crippen molar-refractivity contribution in [1.82, 2.24) is 5.32 Å². The lowest BCUT2D eigenvalue weighted by atomic mass is 9.98. The Balaban J connectivity index is 1.37. The molecular formula is C25H21BrN2O5. The Hall–Kier alpha value is -3.65. The summed E-state index contributed by atoms with van der Waals surface area (Å²) in [5, 5.41) is 14.3. The molecule has 0 heterocycles. The molecule has 4 rings (SSSR count). The highest BCUT2D eigenvalue weighted by molar-refractivity contribution is 9.10. The maximum atomic E-state index is 12.5. The third-order valence-corrected chi connectivity index (χ3v) is 5.94. The van der Waals surface area contributed by atoms with Gasteiger partial charge < -0.3 is 20.5 Å². The maximum Gasteiger partial charge on any atom is 0.407 e. The molecule has 0 aromatic heterocycles. The molecule has 1 atom stereocenters. The Labute approximate surface area is 198 Å². The molecule has 2 amide bonds. The van der Waals surface area contributed by atoms with Gasteiger partial charge >= 0.3 is 12.1 Å². The molecule has 0 fully saturated rings. The number of hydrogen-bond donors (Lipinski definition) is 3. The van der Waals surface area contributed by atoms with Crippen LogP contribution in [0.25, 0.3) is 11.1 Å². The number of halogens is 1. The predicted molar refractivity (Wildman–Crippen MR) is 127 cm³/mol. The molecule has 168 valence electrons. The molecule has 1 aliphatic rings. The quantitative estimate of drug-likeness (QED) is 0.433. The van der Waals surface area contributed by atoms with E-state index in [1.54, 1.807) is 6.07 Å². The van der Waals surface area contributed by atoms with Crippen molar-refractivity contribution in [2.45, 2.75) is 18.9 Å². The Kier molecular flexibility index (Phi) is 6.46. The van der Waals surface area contributed by atoms with Crippen molar-refractivity contribution >= 4 is 39.6 Å². The van der Waals surface area contributed by atoms with Gasteiger partial charge in [0, 0.05) is 16.1 Å². The minimum atomic E-state index is -1.11. The number of nitrogens with one attached hydrogen (secondary N) is 2. The number of carbonyl (C=O) groups is 3. The van der Waals surface area contributed by atoms with Crippen LogP contribution in [0.4, 0.5) is 10.5 Å². The standard InChI is InChI=1S/C25H21BrN2O5/c1-14(23(29)28-17-11-15(24(30)31)10-16(26)12-17)27-25(32)33-13-22-20-8-4-2-6-18(20)19-7-3-5-9-21(19)22/h2-12,14,22H,13H2,1H3,(H,27,32)(H,28,29)(H,30,31). The monoisotopic (exact) mass is 508 g/mol. The number of anilines is 1. The Bertz CT molecular complexity index is 1200. The second-order valence-corrected chi connectivity index (χ2v) is 8.63. The number of carboxylic acids is 1. The van der Waals surface area contributed by atoms with E-state index >= 15 is 0 Å². The molecule has 3 aromatic rings. The number of fused-ring (bicyclic) bond motifs is 3. The maximum absolute atomic E-state index is 12.5. The van der Waals surface area contributed by atoms with Crippen LogP contribution in [0.2, 0.25) is 0 Å². The summed E-state index contributed by atoms with van der Waals surface area (Å²) >= 11 is 3.22. The van der Waals surface area contributed by atoms with Crippen LogP contribution in [0.3, 0.4) is 0 Å². The number of alkyl carbamates (subject to hydrolysis) is 1. The predicted octanol–water partition coefficient (Wildman–Crippen LogP) is 5.01. The lowest BCUT2D eigenvalue weighted by Crippen LogP contribution is -2.42. The number of aromatic carboxylic acids is 1.